The Morgan fingerprint density at radius 3 is 1.34 bits per heavy atom. The molecule has 1 aliphatic heterocycles. The van der Waals surface area contributed by atoms with Crippen molar-refractivity contribution in [1.29, 1.82) is 0 Å². The van der Waals surface area contributed by atoms with Gasteiger partial charge in [0, 0.05) is 27.8 Å². The summed E-state index contributed by atoms with van der Waals surface area (Å²) in [7, 11) is 0. The van der Waals surface area contributed by atoms with Gasteiger partial charge in [-0.25, -0.2) is 9.97 Å². The van der Waals surface area contributed by atoms with Crippen LogP contribution in [0.4, 0.5) is 0 Å². The quantitative estimate of drug-likeness (QED) is 0.178. The first-order valence-corrected chi connectivity index (χ1v) is 19.1. The Morgan fingerprint density at radius 2 is 0.732 bits per heavy atom. The summed E-state index contributed by atoms with van der Waals surface area (Å²) in [6.45, 7) is 0. The third-order valence-corrected chi connectivity index (χ3v) is 11.4. The van der Waals surface area contributed by atoms with Gasteiger partial charge in [-0.05, 0) is 62.7 Å². The summed E-state index contributed by atoms with van der Waals surface area (Å²) in [6, 6.07) is 73.0. The lowest BCUT2D eigenvalue weighted by Gasteiger charge is -2.39. The van der Waals surface area contributed by atoms with Crippen LogP contribution >= 0.6 is 0 Å². The first kappa shape index (κ1) is 32.1. The zero-order valence-electron chi connectivity index (χ0n) is 30.4. The van der Waals surface area contributed by atoms with Crippen LogP contribution in [0.25, 0.3) is 67.3 Å². The first-order chi connectivity index (χ1) is 27.7. The maximum atomic E-state index is 6.85. The SMILES string of the molecule is c1ccc(-c2ccc(-c3cc(-c4ccc5c(c4)Oc4ccccc4C54c5ccccc5-c5ccccc54)nc(-c4ccc(-c5ccccc5)cc4)n3)cc2)cc1. The molecule has 3 heteroatoms. The number of benzene rings is 8. The molecule has 56 heavy (non-hydrogen) atoms. The van der Waals surface area contributed by atoms with Gasteiger partial charge in [0.25, 0.3) is 0 Å². The van der Waals surface area contributed by atoms with Crippen LogP contribution in [-0.2, 0) is 5.41 Å². The van der Waals surface area contributed by atoms with Crippen molar-refractivity contribution in [1.82, 2.24) is 9.97 Å². The van der Waals surface area contributed by atoms with Gasteiger partial charge >= 0.3 is 0 Å². The molecule has 2 aliphatic rings. The molecule has 0 radical (unpaired) electrons. The topological polar surface area (TPSA) is 35.0 Å². The van der Waals surface area contributed by atoms with Crippen LogP contribution in [0.2, 0.25) is 0 Å². The van der Waals surface area contributed by atoms with Crippen LogP contribution in [0.5, 0.6) is 11.5 Å². The van der Waals surface area contributed by atoms with Crippen LogP contribution < -0.4 is 4.74 Å². The van der Waals surface area contributed by atoms with E-state index in [1.807, 2.05) is 12.1 Å². The summed E-state index contributed by atoms with van der Waals surface area (Å²) < 4.78 is 6.85. The Bertz CT molecular complexity index is 2770. The van der Waals surface area contributed by atoms with Crippen LogP contribution in [-0.4, -0.2) is 9.97 Å². The minimum absolute atomic E-state index is 0.515. The molecule has 0 saturated carbocycles. The van der Waals surface area contributed by atoms with Gasteiger partial charge in [-0.2, -0.15) is 0 Å². The van der Waals surface area contributed by atoms with Gasteiger partial charge in [0.15, 0.2) is 5.82 Å². The zero-order chi connectivity index (χ0) is 37.1. The smallest absolute Gasteiger partial charge is 0.160 e. The molecule has 11 rings (SSSR count). The average molecular weight is 715 g/mol. The number of rotatable bonds is 5. The fourth-order valence-corrected chi connectivity index (χ4v) is 8.80. The molecular weight excluding hydrogens is 681 g/mol. The normalized spacial score (nSPS) is 12.9. The van der Waals surface area contributed by atoms with Gasteiger partial charge in [0.2, 0.25) is 0 Å². The second kappa shape index (κ2) is 12.9. The van der Waals surface area contributed by atoms with E-state index in [4.69, 9.17) is 14.7 Å². The van der Waals surface area contributed by atoms with Crippen molar-refractivity contribution < 1.29 is 4.74 Å². The van der Waals surface area contributed by atoms with Gasteiger partial charge in [-0.1, -0.05) is 188 Å². The lowest BCUT2D eigenvalue weighted by Crippen LogP contribution is -2.32. The van der Waals surface area contributed by atoms with Gasteiger partial charge in [0.05, 0.1) is 16.8 Å². The molecular formula is C53H34N2O. The van der Waals surface area contributed by atoms with Crippen molar-refractivity contribution in [3.8, 4) is 78.8 Å². The number of nitrogens with zero attached hydrogens (tertiary/aromatic N) is 2. The minimum Gasteiger partial charge on any atom is -0.457 e. The molecule has 3 nitrogen and oxygen atoms in total. The highest BCUT2D eigenvalue weighted by molar-refractivity contribution is 5.89. The van der Waals surface area contributed by atoms with E-state index in [0.717, 1.165) is 61.8 Å². The molecule has 0 N–H and O–H groups in total. The second-order valence-electron chi connectivity index (χ2n) is 14.5. The van der Waals surface area contributed by atoms with E-state index < -0.39 is 5.41 Å². The van der Waals surface area contributed by atoms with Crippen molar-refractivity contribution in [2.45, 2.75) is 5.41 Å². The lowest BCUT2D eigenvalue weighted by atomic mass is 9.66. The minimum atomic E-state index is -0.515. The molecule has 8 aromatic carbocycles. The summed E-state index contributed by atoms with van der Waals surface area (Å²) >= 11 is 0. The van der Waals surface area contributed by atoms with E-state index >= 15 is 0 Å². The number of para-hydroxylation sites is 1. The molecule has 9 aromatic rings. The molecule has 2 heterocycles. The van der Waals surface area contributed by atoms with E-state index in [1.54, 1.807) is 0 Å². The van der Waals surface area contributed by atoms with Crippen LogP contribution in [0, 0.1) is 0 Å². The summed E-state index contributed by atoms with van der Waals surface area (Å²) in [4.78, 5) is 10.4. The fourth-order valence-electron chi connectivity index (χ4n) is 8.80. The zero-order valence-corrected chi connectivity index (χ0v) is 30.4. The molecule has 1 aromatic heterocycles. The molecule has 0 bridgehead atoms. The molecule has 0 saturated heterocycles. The van der Waals surface area contributed by atoms with Gasteiger partial charge in [-0.3, -0.25) is 0 Å². The Labute approximate surface area is 326 Å². The largest absolute Gasteiger partial charge is 0.457 e. The van der Waals surface area contributed by atoms with Gasteiger partial charge < -0.3 is 4.74 Å². The average Bonchev–Trinajstić information content (AvgIpc) is 3.57. The third kappa shape index (κ3) is 5.05. The van der Waals surface area contributed by atoms with E-state index in [9.17, 15) is 0 Å². The third-order valence-electron chi connectivity index (χ3n) is 11.4. The molecule has 0 unspecified atom stereocenters. The van der Waals surface area contributed by atoms with Crippen molar-refractivity contribution in [2.75, 3.05) is 0 Å². The summed E-state index contributed by atoms with van der Waals surface area (Å²) in [5.74, 6) is 2.36. The van der Waals surface area contributed by atoms with Gasteiger partial charge in [0.1, 0.15) is 11.5 Å². The van der Waals surface area contributed by atoms with E-state index in [1.165, 1.54) is 33.4 Å². The predicted octanol–water partition coefficient (Wildman–Crippen LogP) is 13.3. The Morgan fingerprint density at radius 1 is 0.304 bits per heavy atom. The molecule has 0 amide bonds. The van der Waals surface area contributed by atoms with E-state index in [-0.39, 0.29) is 0 Å². The van der Waals surface area contributed by atoms with Crippen LogP contribution in [0.1, 0.15) is 22.3 Å². The fraction of sp³-hybridized carbons (Fsp3) is 0.0189. The highest BCUT2D eigenvalue weighted by Crippen LogP contribution is 2.62. The number of hydrogen-bond acceptors (Lipinski definition) is 3. The molecule has 0 fully saturated rings. The first-order valence-electron chi connectivity index (χ1n) is 19.1. The molecule has 262 valence electrons. The Kier molecular flexibility index (Phi) is 7.39. The standard InChI is InChI=1S/C53H34N2O/c1-3-13-35(14-4-1)37-23-27-39(28-24-37)48-34-49(55-52(54-48)40-29-25-38(26-30-40)36-15-5-2-6-16-36)41-31-32-47-51(33-41)56-50-22-12-11-21-46(50)53(47)44-19-9-7-17-42(44)43-18-8-10-20-45(43)53/h1-34H. The Hall–Kier alpha value is -7.36. The summed E-state index contributed by atoms with van der Waals surface area (Å²) in [5.41, 5.74) is 16.1. The summed E-state index contributed by atoms with van der Waals surface area (Å²) in [5, 5.41) is 0. The predicted molar refractivity (Wildman–Crippen MR) is 227 cm³/mol. The highest BCUT2D eigenvalue weighted by atomic mass is 16.5. The second-order valence-corrected chi connectivity index (χ2v) is 14.5. The highest BCUT2D eigenvalue weighted by Gasteiger charge is 2.50. The Balaban J connectivity index is 1.07. The van der Waals surface area contributed by atoms with E-state index in [2.05, 4.69) is 194 Å². The summed E-state index contributed by atoms with van der Waals surface area (Å²) in [6.07, 6.45) is 0. The maximum absolute atomic E-state index is 6.85. The number of aromatic nitrogens is 2. The molecule has 0 atom stereocenters. The molecule has 1 spiro atoms. The van der Waals surface area contributed by atoms with Crippen LogP contribution in [0.15, 0.2) is 206 Å². The van der Waals surface area contributed by atoms with Crippen molar-refractivity contribution in [3.05, 3.63) is 229 Å². The van der Waals surface area contributed by atoms with E-state index in [0.29, 0.717) is 5.82 Å². The van der Waals surface area contributed by atoms with Crippen LogP contribution in [0.3, 0.4) is 0 Å². The maximum Gasteiger partial charge on any atom is 0.160 e. The van der Waals surface area contributed by atoms with Crippen molar-refractivity contribution >= 4 is 0 Å². The monoisotopic (exact) mass is 714 g/mol. The van der Waals surface area contributed by atoms with Crippen molar-refractivity contribution in [2.24, 2.45) is 0 Å². The lowest BCUT2D eigenvalue weighted by molar-refractivity contribution is 0.436. The number of fused-ring (bicyclic) bond motifs is 9. The van der Waals surface area contributed by atoms with Gasteiger partial charge in [-0.15, -0.1) is 0 Å². The number of ether oxygens (including phenoxy) is 1. The molecule has 1 aliphatic carbocycles. The van der Waals surface area contributed by atoms with Crippen molar-refractivity contribution in [3.63, 3.8) is 0 Å². The number of hydrogen-bond donors (Lipinski definition) is 0.